The van der Waals surface area contributed by atoms with Gasteiger partial charge in [-0.05, 0) is 45.4 Å². The molecular formula is C13H20ClNO4. The number of esters is 1. The van der Waals surface area contributed by atoms with Crippen LogP contribution < -0.4 is 0 Å². The fourth-order valence-electron chi connectivity index (χ4n) is 2.47. The van der Waals surface area contributed by atoms with Crippen LogP contribution in [0.2, 0.25) is 0 Å². The molecule has 5 nitrogen and oxygen atoms in total. The summed E-state index contributed by atoms with van der Waals surface area (Å²) in [5.74, 6) is -0.440. The first kappa shape index (κ1) is 14.4. The zero-order valence-electron chi connectivity index (χ0n) is 11.6. The van der Waals surface area contributed by atoms with Crippen LogP contribution >= 0.6 is 11.6 Å². The first-order valence-corrected chi connectivity index (χ1v) is 7.02. The number of alkyl halides is 1. The quantitative estimate of drug-likeness (QED) is 0.579. The molecule has 1 atom stereocenters. The standard InChI is InChI=1S/C13H20ClNO4/c1-12(2,3)19-11(17)15-7-13(4-5-13)6-9(15)10(16)18-8-14/h9H,4-8H2,1-3H3/t9-/m0/s1. The van der Waals surface area contributed by atoms with E-state index in [-0.39, 0.29) is 11.5 Å². The first-order chi connectivity index (χ1) is 8.76. The number of carbonyl (C=O) groups excluding carboxylic acids is 2. The fraction of sp³-hybridized carbons (Fsp3) is 0.846. The van der Waals surface area contributed by atoms with Crippen LogP contribution in [0.15, 0.2) is 0 Å². The lowest BCUT2D eigenvalue weighted by Gasteiger charge is -2.27. The van der Waals surface area contributed by atoms with E-state index in [0.29, 0.717) is 13.0 Å². The lowest BCUT2D eigenvalue weighted by Crippen LogP contribution is -2.44. The Morgan fingerprint density at radius 1 is 1.37 bits per heavy atom. The largest absolute Gasteiger partial charge is 0.448 e. The van der Waals surface area contributed by atoms with Crippen LogP contribution in [0.1, 0.15) is 40.0 Å². The number of likely N-dealkylation sites (tertiary alicyclic amines) is 1. The zero-order valence-corrected chi connectivity index (χ0v) is 12.3. The summed E-state index contributed by atoms with van der Waals surface area (Å²) in [7, 11) is 0. The summed E-state index contributed by atoms with van der Waals surface area (Å²) in [6.45, 7) is 5.99. The van der Waals surface area contributed by atoms with Crippen LogP contribution in [0, 0.1) is 5.41 Å². The van der Waals surface area contributed by atoms with Crippen molar-refractivity contribution in [2.75, 3.05) is 12.6 Å². The summed E-state index contributed by atoms with van der Waals surface area (Å²) >= 11 is 5.42. The van der Waals surface area contributed by atoms with Gasteiger partial charge in [-0.25, -0.2) is 9.59 Å². The van der Waals surface area contributed by atoms with Crippen molar-refractivity contribution < 1.29 is 19.1 Å². The van der Waals surface area contributed by atoms with Crippen molar-refractivity contribution in [3.05, 3.63) is 0 Å². The smallest absolute Gasteiger partial charge is 0.411 e. The van der Waals surface area contributed by atoms with Crippen molar-refractivity contribution in [1.82, 2.24) is 4.90 Å². The van der Waals surface area contributed by atoms with Gasteiger partial charge < -0.3 is 9.47 Å². The SMILES string of the molecule is CC(C)(C)OC(=O)N1CC2(CC2)C[C@H]1C(=O)OCCl. The lowest BCUT2D eigenvalue weighted by atomic mass is 10.0. The maximum absolute atomic E-state index is 12.2. The molecule has 1 saturated carbocycles. The molecule has 2 rings (SSSR count). The molecule has 1 aliphatic heterocycles. The maximum atomic E-state index is 12.2. The van der Waals surface area contributed by atoms with Crippen LogP contribution in [-0.2, 0) is 14.3 Å². The number of rotatable bonds is 2. The third-order valence-corrected chi connectivity index (χ3v) is 3.67. The highest BCUT2D eigenvalue weighted by Crippen LogP contribution is 2.55. The number of nitrogens with zero attached hydrogens (tertiary/aromatic N) is 1. The highest BCUT2D eigenvalue weighted by Gasteiger charge is 2.56. The van der Waals surface area contributed by atoms with Crippen molar-refractivity contribution in [2.24, 2.45) is 5.41 Å². The molecule has 0 unspecified atom stereocenters. The number of amides is 1. The molecule has 1 saturated heterocycles. The average Bonchev–Trinajstić information content (AvgIpc) is 2.87. The van der Waals surface area contributed by atoms with E-state index in [0.717, 1.165) is 12.8 Å². The minimum Gasteiger partial charge on any atom is -0.448 e. The number of halogens is 1. The number of hydrogen-bond acceptors (Lipinski definition) is 4. The average molecular weight is 290 g/mol. The van der Waals surface area contributed by atoms with E-state index in [1.54, 1.807) is 20.8 Å². The Kier molecular flexibility index (Phi) is 3.69. The van der Waals surface area contributed by atoms with E-state index < -0.39 is 23.7 Å². The first-order valence-electron chi connectivity index (χ1n) is 6.49. The molecule has 0 N–H and O–H groups in total. The summed E-state index contributed by atoms with van der Waals surface area (Å²) in [5.41, 5.74) is -0.468. The van der Waals surface area contributed by atoms with Gasteiger partial charge >= 0.3 is 12.1 Å². The Morgan fingerprint density at radius 3 is 2.47 bits per heavy atom. The van der Waals surface area contributed by atoms with Gasteiger partial charge in [0, 0.05) is 6.54 Å². The van der Waals surface area contributed by atoms with E-state index in [9.17, 15) is 9.59 Å². The number of ether oxygens (including phenoxy) is 2. The molecular weight excluding hydrogens is 270 g/mol. The fourth-order valence-corrected chi connectivity index (χ4v) is 2.58. The third kappa shape index (κ3) is 3.32. The van der Waals surface area contributed by atoms with Gasteiger partial charge in [-0.3, -0.25) is 4.90 Å². The minimum atomic E-state index is -0.572. The predicted molar refractivity (Wildman–Crippen MR) is 69.8 cm³/mol. The van der Waals surface area contributed by atoms with Gasteiger partial charge in [0.05, 0.1) is 0 Å². The normalized spacial score (nSPS) is 24.4. The van der Waals surface area contributed by atoms with Gasteiger partial charge in [-0.15, -0.1) is 0 Å². The van der Waals surface area contributed by atoms with Gasteiger partial charge in [-0.1, -0.05) is 11.6 Å². The van der Waals surface area contributed by atoms with Gasteiger partial charge in [0.2, 0.25) is 0 Å². The molecule has 1 amide bonds. The van der Waals surface area contributed by atoms with Crippen LogP contribution in [0.3, 0.4) is 0 Å². The molecule has 0 radical (unpaired) electrons. The molecule has 0 aromatic carbocycles. The predicted octanol–water partition coefficient (Wildman–Crippen LogP) is 2.52. The highest BCUT2D eigenvalue weighted by atomic mass is 35.5. The molecule has 108 valence electrons. The van der Waals surface area contributed by atoms with E-state index in [4.69, 9.17) is 21.1 Å². The molecule has 2 aliphatic rings. The van der Waals surface area contributed by atoms with Gasteiger partial charge in [0.15, 0.2) is 6.07 Å². The lowest BCUT2D eigenvalue weighted by molar-refractivity contribution is -0.146. The van der Waals surface area contributed by atoms with Crippen LogP contribution in [0.5, 0.6) is 0 Å². The van der Waals surface area contributed by atoms with E-state index in [1.165, 1.54) is 4.90 Å². The second kappa shape index (κ2) is 4.85. The van der Waals surface area contributed by atoms with Crippen molar-refractivity contribution in [2.45, 2.75) is 51.7 Å². The summed E-state index contributed by atoms with van der Waals surface area (Å²) in [5, 5.41) is 0. The maximum Gasteiger partial charge on any atom is 0.411 e. The Labute approximate surface area is 118 Å². The number of carbonyl (C=O) groups is 2. The minimum absolute atomic E-state index is 0.104. The van der Waals surface area contributed by atoms with E-state index in [2.05, 4.69) is 0 Å². The number of hydrogen-bond donors (Lipinski definition) is 0. The summed E-state index contributed by atoms with van der Waals surface area (Å²) < 4.78 is 10.2. The van der Waals surface area contributed by atoms with E-state index in [1.807, 2.05) is 0 Å². The van der Waals surface area contributed by atoms with Gasteiger partial charge in [0.1, 0.15) is 11.6 Å². The second-order valence-corrected chi connectivity index (χ2v) is 6.62. The van der Waals surface area contributed by atoms with E-state index >= 15 is 0 Å². The summed E-state index contributed by atoms with van der Waals surface area (Å²) in [4.78, 5) is 25.5. The Hall–Kier alpha value is -0.970. The topological polar surface area (TPSA) is 55.8 Å². The van der Waals surface area contributed by atoms with Crippen molar-refractivity contribution in [3.63, 3.8) is 0 Å². The van der Waals surface area contributed by atoms with Gasteiger partial charge in [0.25, 0.3) is 0 Å². The Morgan fingerprint density at radius 2 is 2.00 bits per heavy atom. The van der Waals surface area contributed by atoms with Crippen molar-refractivity contribution in [1.29, 1.82) is 0 Å². The Balaban J connectivity index is 2.07. The summed E-state index contributed by atoms with van der Waals surface area (Å²) in [6.07, 6.45) is 2.31. The highest BCUT2D eigenvalue weighted by molar-refractivity contribution is 6.17. The van der Waals surface area contributed by atoms with Crippen LogP contribution in [0.25, 0.3) is 0 Å². The van der Waals surface area contributed by atoms with Crippen molar-refractivity contribution in [3.8, 4) is 0 Å². The van der Waals surface area contributed by atoms with Crippen LogP contribution in [-0.4, -0.2) is 41.2 Å². The molecule has 1 aliphatic carbocycles. The Bertz CT molecular complexity index is 387. The molecule has 19 heavy (non-hydrogen) atoms. The van der Waals surface area contributed by atoms with Crippen molar-refractivity contribution >= 4 is 23.7 Å². The zero-order chi connectivity index (χ0) is 14.3. The monoisotopic (exact) mass is 289 g/mol. The van der Waals surface area contributed by atoms with Crippen LogP contribution in [0.4, 0.5) is 4.79 Å². The molecule has 0 aromatic rings. The molecule has 0 aromatic heterocycles. The molecule has 2 fully saturated rings. The van der Waals surface area contributed by atoms with Gasteiger partial charge in [-0.2, -0.15) is 0 Å². The summed E-state index contributed by atoms with van der Waals surface area (Å²) in [6, 6.07) is -0.749. The molecule has 0 bridgehead atoms. The molecule has 6 heteroatoms. The molecule has 1 spiro atoms. The second-order valence-electron chi connectivity index (χ2n) is 6.40. The molecule has 1 heterocycles. The third-order valence-electron chi connectivity index (χ3n) is 3.56.